The van der Waals surface area contributed by atoms with Gasteiger partial charge in [-0.15, -0.1) is 0 Å². The standard InChI is InChI=1S/C7H7Cl2F3N2S/c8-15(9,7(10,11)12)6-4-2-1-3-5(6)14-13/h1-4,14H,13H2. The Morgan fingerprint density at radius 3 is 2.20 bits per heavy atom. The van der Waals surface area contributed by atoms with Gasteiger partial charge in [-0.25, -0.2) is 0 Å². The van der Waals surface area contributed by atoms with Gasteiger partial charge >= 0.3 is 5.51 Å². The Hall–Kier alpha value is -0.300. The maximum absolute atomic E-state index is 12.5. The molecule has 0 fully saturated rings. The fourth-order valence-corrected chi connectivity index (χ4v) is 2.64. The van der Waals surface area contributed by atoms with E-state index in [0.29, 0.717) is 0 Å². The van der Waals surface area contributed by atoms with Crippen LogP contribution in [0.5, 0.6) is 0 Å². The minimum atomic E-state index is -4.69. The number of nitrogen functional groups attached to an aromatic ring is 1. The van der Waals surface area contributed by atoms with Crippen molar-refractivity contribution in [3.05, 3.63) is 24.3 Å². The van der Waals surface area contributed by atoms with Crippen LogP contribution in [-0.4, -0.2) is 5.51 Å². The van der Waals surface area contributed by atoms with Crippen molar-refractivity contribution in [3.8, 4) is 0 Å². The van der Waals surface area contributed by atoms with Gasteiger partial charge in [-0.2, -0.15) is 13.2 Å². The molecule has 0 aromatic heterocycles. The zero-order valence-electron chi connectivity index (χ0n) is 7.18. The lowest BCUT2D eigenvalue weighted by Crippen LogP contribution is -2.15. The third-order valence-electron chi connectivity index (χ3n) is 1.61. The van der Waals surface area contributed by atoms with Gasteiger partial charge in [0.2, 0.25) is 0 Å². The van der Waals surface area contributed by atoms with E-state index >= 15 is 0 Å². The van der Waals surface area contributed by atoms with Crippen molar-refractivity contribution >= 4 is 35.5 Å². The highest BCUT2D eigenvalue weighted by Gasteiger charge is 2.50. The second-order valence-electron chi connectivity index (χ2n) is 2.56. The topological polar surface area (TPSA) is 38.0 Å². The second-order valence-corrected chi connectivity index (χ2v) is 7.65. The molecule has 0 amide bonds. The normalized spacial score (nSPS) is 13.7. The van der Waals surface area contributed by atoms with Crippen LogP contribution in [0.25, 0.3) is 0 Å². The smallest absolute Gasteiger partial charge is 0.323 e. The van der Waals surface area contributed by atoms with E-state index in [9.17, 15) is 13.2 Å². The fraction of sp³-hybridized carbons (Fsp3) is 0.143. The molecule has 0 saturated heterocycles. The lowest BCUT2D eigenvalue weighted by molar-refractivity contribution is -0.0349. The summed E-state index contributed by atoms with van der Waals surface area (Å²) < 4.78 is 37.6. The van der Waals surface area contributed by atoms with Crippen molar-refractivity contribution < 1.29 is 13.2 Å². The highest BCUT2D eigenvalue weighted by atomic mass is 36.0. The molecular weight excluding hydrogens is 272 g/mol. The third-order valence-corrected chi connectivity index (χ3v) is 5.15. The van der Waals surface area contributed by atoms with Gasteiger partial charge < -0.3 is 5.43 Å². The van der Waals surface area contributed by atoms with Crippen molar-refractivity contribution in [1.82, 2.24) is 0 Å². The lowest BCUT2D eigenvalue weighted by Gasteiger charge is -2.29. The molecule has 0 heterocycles. The molecule has 0 aliphatic rings. The number of nitrogens with two attached hydrogens (primary N) is 1. The molecule has 1 rings (SSSR count). The van der Waals surface area contributed by atoms with Gasteiger partial charge in [0.1, 0.15) is 0 Å². The molecule has 2 nitrogen and oxygen atoms in total. The fourth-order valence-electron chi connectivity index (χ4n) is 0.934. The first kappa shape index (κ1) is 12.8. The Morgan fingerprint density at radius 2 is 1.73 bits per heavy atom. The molecule has 8 heteroatoms. The van der Waals surface area contributed by atoms with Gasteiger partial charge in [0.25, 0.3) is 0 Å². The number of hydrogen-bond acceptors (Lipinski definition) is 2. The predicted octanol–water partition coefficient (Wildman–Crippen LogP) is 3.96. The van der Waals surface area contributed by atoms with E-state index in [1.54, 1.807) is 0 Å². The number of halogens is 5. The summed E-state index contributed by atoms with van der Waals surface area (Å²) in [7, 11) is 6.78. The summed E-state index contributed by atoms with van der Waals surface area (Å²) in [4.78, 5) is -0.247. The van der Waals surface area contributed by atoms with Gasteiger partial charge in [0.05, 0.1) is 5.69 Å². The highest BCUT2D eigenvalue weighted by molar-refractivity contribution is 8.66. The molecule has 1 aromatic carbocycles. The summed E-state index contributed by atoms with van der Waals surface area (Å²) in [6, 6.07) is 5.50. The van der Waals surface area contributed by atoms with Crippen molar-refractivity contribution in [2.24, 2.45) is 5.84 Å². The summed E-state index contributed by atoms with van der Waals surface area (Å²) in [6.07, 6.45) is 0. The maximum atomic E-state index is 12.5. The molecule has 0 radical (unpaired) electrons. The largest absolute Gasteiger partial charge is 0.454 e. The van der Waals surface area contributed by atoms with Crippen molar-refractivity contribution in [2.75, 3.05) is 5.43 Å². The number of anilines is 1. The molecule has 0 saturated carbocycles. The molecule has 1 aromatic rings. The van der Waals surface area contributed by atoms with E-state index in [4.69, 9.17) is 27.2 Å². The number of rotatable bonds is 2. The monoisotopic (exact) mass is 278 g/mol. The Bertz CT molecular complexity index is 356. The summed E-state index contributed by atoms with van der Waals surface area (Å²) in [5, 5.41) is 0. The summed E-state index contributed by atoms with van der Waals surface area (Å²) in [5.74, 6) is 5.07. The van der Waals surface area contributed by atoms with Crippen molar-refractivity contribution in [1.29, 1.82) is 0 Å². The lowest BCUT2D eigenvalue weighted by atomic mass is 10.3. The van der Waals surface area contributed by atoms with Crippen LogP contribution in [0.3, 0.4) is 0 Å². The molecule has 3 N–H and O–H groups in total. The quantitative estimate of drug-likeness (QED) is 0.635. The first-order valence-corrected chi connectivity index (χ1v) is 6.94. The first-order valence-electron chi connectivity index (χ1n) is 3.65. The zero-order chi connectivity index (χ0) is 11.7. The van der Waals surface area contributed by atoms with Crippen LogP contribution >= 0.6 is 29.8 Å². The van der Waals surface area contributed by atoms with Crippen LogP contribution in [0.4, 0.5) is 18.9 Å². The van der Waals surface area contributed by atoms with Crippen LogP contribution in [-0.2, 0) is 0 Å². The Morgan fingerprint density at radius 1 is 1.20 bits per heavy atom. The first-order chi connectivity index (χ1) is 6.80. The number of alkyl halides is 3. The maximum Gasteiger partial charge on any atom is 0.454 e. The molecule has 0 atom stereocenters. The van der Waals surface area contributed by atoms with Crippen LogP contribution in [0, 0.1) is 0 Å². The SMILES string of the molecule is NNc1ccccc1S(Cl)(Cl)C(F)(F)F. The summed E-state index contributed by atoms with van der Waals surface area (Å²) in [6.45, 7) is 0. The van der Waals surface area contributed by atoms with E-state index < -0.39 is 14.0 Å². The van der Waals surface area contributed by atoms with Crippen LogP contribution in [0.15, 0.2) is 29.2 Å². The van der Waals surface area contributed by atoms with Gasteiger partial charge in [-0.05, 0) is 33.5 Å². The van der Waals surface area contributed by atoms with Gasteiger partial charge in [0.15, 0.2) is 0 Å². The van der Waals surface area contributed by atoms with Crippen molar-refractivity contribution in [3.63, 3.8) is 0 Å². The zero-order valence-corrected chi connectivity index (χ0v) is 9.51. The molecule has 86 valence electrons. The van der Waals surface area contributed by atoms with E-state index in [1.807, 2.05) is 0 Å². The van der Waals surface area contributed by atoms with E-state index in [1.165, 1.54) is 24.3 Å². The average Bonchev–Trinajstić information content (AvgIpc) is 2.16. The van der Waals surface area contributed by atoms with E-state index in [2.05, 4.69) is 5.43 Å². The molecule has 0 bridgehead atoms. The van der Waals surface area contributed by atoms with Gasteiger partial charge in [-0.1, -0.05) is 12.1 Å². The van der Waals surface area contributed by atoms with E-state index in [-0.39, 0.29) is 10.6 Å². The molecule has 15 heavy (non-hydrogen) atoms. The Kier molecular flexibility index (Phi) is 3.65. The average molecular weight is 279 g/mol. The number of para-hydroxylation sites is 1. The third kappa shape index (κ3) is 2.44. The van der Waals surface area contributed by atoms with Crippen LogP contribution in [0.2, 0.25) is 0 Å². The summed E-state index contributed by atoms with van der Waals surface area (Å²) in [5.41, 5.74) is -2.50. The van der Waals surface area contributed by atoms with Crippen LogP contribution in [0.1, 0.15) is 0 Å². The van der Waals surface area contributed by atoms with E-state index in [0.717, 1.165) is 0 Å². The Balaban J connectivity index is 3.26. The number of hydrogen-bond donors (Lipinski definition) is 2. The predicted molar refractivity (Wildman–Crippen MR) is 57.9 cm³/mol. The molecule has 0 spiro atoms. The second kappa shape index (κ2) is 4.29. The number of hydrazine groups is 1. The summed E-state index contributed by atoms with van der Waals surface area (Å²) >= 11 is 0. The van der Waals surface area contributed by atoms with Gasteiger partial charge in [0, 0.05) is 13.4 Å². The molecular formula is C7H7Cl2F3N2S. The Labute approximate surface area is 94.8 Å². The number of nitrogens with one attached hydrogen (secondary N) is 1. The molecule has 0 unspecified atom stereocenters. The molecule has 0 aliphatic carbocycles. The highest BCUT2D eigenvalue weighted by Crippen LogP contribution is 2.76. The minimum Gasteiger partial charge on any atom is -0.323 e. The van der Waals surface area contributed by atoms with Crippen LogP contribution < -0.4 is 11.3 Å². The number of benzene rings is 1. The van der Waals surface area contributed by atoms with Crippen molar-refractivity contribution in [2.45, 2.75) is 10.4 Å². The minimum absolute atomic E-state index is 0.0647. The molecule has 0 aliphatic heterocycles. The van der Waals surface area contributed by atoms with Gasteiger partial charge in [-0.3, -0.25) is 5.84 Å².